The predicted octanol–water partition coefficient (Wildman–Crippen LogP) is 6.42. The number of rotatable bonds is 15. The summed E-state index contributed by atoms with van der Waals surface area (Å²) >= 11 is 0. The SMILES string of the molecule is COC1=CCC(COCC[C@@H](COC(c2ccccc2)(c2ccccc2)C2C=CCCC2)OCCO)CC1. The van der Waals surface area contributed by atoms with Gasteiger partial charge in [-0.2, -0.15) is 0 Å². The van der Waals surface area contributed by atoms with Gasteiger partial charge >= 0.3 is 0 Å². The molecular formula is C33H44O5. The van der Waals surface area contributed by atoms with Crippen molar-refractivity contribution in [2.45, 2.75) is 56.7 Å². The molecule has 0 aliphatic heterocycles. The molecule has 0 spiro atoms. The first kappa shape index (κ1) is 28.6. The quantitative estimate of drug-likeness (QED) is 0.217. The van der Waals surface area contributed by atoms with Gasteiger partial charge in [0, 0.05) is 25.6 Å². The molecule has 0 heterocycles. The average Bonchev–Trinajstić information content (AvgIpc) is 3.00. The second-order valence-corrected chi connectivity index (χ2v) is 10.3. The highest BCUT2D eigenvalue weighted by atomic mass is 16.5. The second kappa shape index (κ2) is 15.2. The summed E-state index contributed by atoms with van der Waals surface area (Å²) in [5.41, 5.74) is 1.69. The zero-order valence-corrected chi connectivity index (χ0v) is 22.8. The number of hydrogen-bond donors (Lipinski definition) is 1. The van der Waals surface area contributed by atoms with Gasteiger partial charge in [-0.25, -0.2) is 0 Å². The van der Waals surface area contributed by atoms with Crippen molar-refractivity contribution in [2.24, 2.45) is 11.8 Å². The molecule has 0 aromatic heterocycles. The molecule has 4 rings (SSSR count). The Labute approximate surface area is 228 Å². The first-order chi connectivity index (χ1) is 18.8. The monoisotopic (exact) mass is 520 g/mol. The predicted molar refractivity (Wildman–Crippen MR) is 151 cm³/mol. The lowest BCUT2D eigenvalue weighted by Crippen LogP contribution is -2.42. The number of aliphatic hydroxyl groups excluding tert-OH is 1. The third-order valence-electron chi connectivity index (χ3n) is 7.80. The molecule has 0 amide bonds. The molecule has 2 unspecified atom stereocenters. The Balaban J connectivity index is 1.47. The molecule has 0 fully saturated rings. The number of ether oxygens (including phenoxy) is 4. The fraction of sp³-hybridized carbons (Fsp3) is 0.515. The van der Waals surface area contributed by atoms with Crippen LogP contribution in [0.1, 0.15) is 56.1 Å². The highest BCUT2D eigenvalue weighted by Crippen LogP contribution is 2.45. The molecule has 2 aliphatic rings. The summed E-state index contributed by atoms with van der Waals surface area (Å²) in [7, 11) is 1.74. The van der Waals surface area contributed by atoms with E-state index in [0.29, 0.717) is 25.6 Å². The summed E-state index contributed by atoms with van der Waals surface area (Å²) in [6.07, 6.45) is 13.8. The van der Waals surface area contributed by atoms with Crippen LogP contribution < -0.4 is 0 Å². The van der Waals surface area contributed by atoms with E-state index < -0.39 is 5.60 Å². The molecule has 0 saturated carbocycles. The van der Waals surface area contributed by atoms with E-state index in [1.807, 2.05) is 0 Å². The minimum Gasteiger partial charge on any atom is -0.501 e. The molecule has 0 saturated heterocycles. The third-order valence-corrected chi connectivity index (χ3v) is 7.80. The number of benzene rings is 2. The van der Waals surface area contributed by atoms with Crippen molar-refractivity contribution in [1.29, 1.82) is 0 Å². The van der Waals surface area contributed by atoms with Crippen LogP contribution in [0.25, 0.3) is 0 Å². The van der Waals surface area contributed by atoms with Crippen molar-refractivity contribution in [3.05, 3.63) is 95.8 Å². The summed E-state index contributed by atoms with van der Waals surface area (Å²) in [4.78, 5) is 0. The highest BCUT2D eigenvalue weighted by molar-refractivity contribution is 5.39. The van der Waals surface area contributed by atoms with Crippen molar-refractivity contribution in [3.63, 3.8) is 0 Å². The Kier molecular flexibility index (Phi) is 11.4. The van der Waals surface area contributed by atoms with E-state index in [9.17, 15) is 5.11 Å². The summed E-state index contributed by atoms with van der Waals surface area (Å²) in [6.45, 7) is 2.03. The lowest BCUT2D eigenvalue weighted by atomic mass is 9.72. The van der Waals surface area contributed by atoms with Crippen LogP contribution in [0.4, 0.5) is 0 Å². The van der Waals surface area contributed by atoms with Crippen LogP contribution >= 0.6 is 0 Å². The van der Waals surface area contributed by atoms with Crippen molar-refractivity contribution in [2.75, 3.05) is 40.1 Å². The van der Waals surface area contributed by atoms with E-state index in [4.69, 9.17) is 18.9 Å². The Morgan fingerprint density at radius 1 is 0.974 bits per heavy atom. The van der Waals surface area contributed by atoms with E-state index in [2.05, 4.69) is 78.9 Å². The van der Waals surface area contributed by atoms with Gasteiger partial charge < -0.3 is 24.1 Å². The topological polar surface area (TPSA) is 57.2 Å². The van der Waals surface area contributed by atoms with Crippen LogP contribution in [0, 0.1) is 11.8 Å². The van der Waals surface area contributed by atoms with Gasteiger partial charge in [0.15, 0.2) is 0 Å². The molecular weight excluding hydrogens is 476 g/mol. The van der Waals surface area contributed by atoms with Gasteiger partial charge in [-0.15, -0.1) is 0 Å². The van der Waals surface area contributed by atoms with Crippen LogP contribution in [-0.4, -0.2) is 51.4 Å². The van der Waals surface area contributed by atoms with E-state index >= 15 is 0 Å². The van der Waals surface area contributed by atoms with E-state index in [-0.39, 0.29) is 25.2 Å². The van der Waals surface area contributed by atoms with Gasteiger partial charge in [-0.1, -0.05) is 72.8 Å². The van der Waals surface area contributed by atoms with Crippen LogP contribution in [0.15, 0.2) is 84.7 Å². The molecule has 0 radical (unpaired) electrons. The summed E-state index contributed by atoms with van der Waals surface area (Å²) in [5.74, 6) is 1.83. The number of allylic oxidation sites excluding steroid dienone is 3. The largest absolute Gasteiger partial charge is 0.501 e. The molecule has 1 N–H and O–H groups in total. The van der Waals surface area contributed by atoms with Crippen LogP contribution in [0.3, 0.4) is 0 Å². The lowest BCUT2D eigenvalue weighted by Gasteiger charge is -2.42. The molecule has 5 heteroatoms. The van der Waals surface area contributed by atoms with Gasteiger partial charge in [0.25, 0.3) is 0 Å². The Bertz CT molecular complexity index is 947. The fourth-order valence-electron chi connectivity index (χ4n) is 5.72. The van der Waals surface area contributed by atoms with Gasteiger partial charge in [0.2, 0.25) is 0 Å². The molecule has 2 aromatic rings. The zero-order valence-electron chi connectivity index (χ0n) is 22.8. The smallest absolute Gasteiger partial charge is 0.124 e. The maximum atomic E-state index is 9.46. The van der Waals surface area contributed by atoms with E-state index in [1.165, 1.54) is 0 Å². The van der Waals surface area contributed by atoms with Crippen LogP contribution in [-0.2, 0) is 24.5 Å². The maximum Gasteiger partial charge on any atom is 0.124 e. The standard InChI is InChI=1S/C33H44O5/c1-35-31-19-17-27(18-20-31)25-36-23-21-32(37-24-22-34)26-38-33(28-11-5-2-6-12-28,29-13-7-3-8-14-29)30-15-9-4-10-16-30/h2-3,5-9,11-15,19,27,30,32,34H,4,10,16-18,20-26H2,1H3/t27?,30?,32-/m0/s1. The summed E-state index contributed by atoms with van der Waals surface area (Å²) < 4.78 is 24.6. The highest BCUT2D eigenvalue weighted by Gasteiger charge is 2.43. The molecule has 206 valence electrons. The Morgan fingerprint density at radius 2 is 1.71 bits per heavy atom. The Hall–Kier alpha value is -2.44. The van der Waals surface area contributed by atoms with Crippen LogP contribution in [0.2, 0.25) is 0 Å². The zero-order chi connectivity index (χ0) is 26.5. The fourth-order valence-corrected chi connectivity index (χ4v) is 5.72. The molecule has 3 atom stereocenters. The third kappa shape index (κ3) is 7.57. The number of aliphatic hydroxyl groups is 1. The molecule has 2 aliphatic carbocycles. The number of methoxy groups -OCH3 is 1. The minimum absolute atomic E-state index is 0.0124. The van der Waals surface area contributed by atoms with E-state index in [0.717, 1.165) is 62.0 Å². The lowest BCUT2D eigenvalue weighted by molar-refractivity contribution is -0.110. The van der Waals surface area contributed by atoms with Crippen LogP contribution in [0.5, 0.6) is 0 Å². The average molecular weight is 521 g/mol. The summed E-state index contributed by atoms with van der Waals surface area (Å²) in [6, 6.07) is 21.2. The normalized spacial score (nSPS) is 20.6. The van der Waals surface area contributed by atoms with Gasteiger partial charge in [-0.3, -0.25) is 0 Å². The van der Waals surface area contributed by atoms with Gasteiger partial charge in [0.05, 0.1) is 38.8 Å². The first-order valence-corrected chi connectivity index (χ1v) is 14.2. The summed E-state index contributed by atoms with van der Waals surface area (Å²) in [5, 5.41) is 9.46. The Morgan fingerprint density at radius 3 is 2.29 bits per heavy atom. The second-order valence-electron chi connectivity index (χ2n) is 10.3. The van der Waals surface area contributed by atoms with Crippen molar-refractivity contribution in [3.8, 4) is 0 Å². The number of hydrogen-bond acceptors (Lipinski definition) is 5. The van der Waals surface area contributed by atoms with Crippen molar-refractivity contribution >= 4 is 0 Å². The molecule has 2 aromatic carbocycles. The molecule has 38 heavy (non-hydrogen) atoms. The van der Waals surface area contributed by atoms with E-state index in [1.54, 1.807) is 7.11 Å². The minimum atomic E-state index is -0.616. The maximum absolute atomic E-state index is 9.46. The van der Waals surface area contributed by atoms with Crippen molar-refractivity contribution < 1.29 is 24.1 Å². The van der Waals surface area contributed by atoms with Gasteiger partial charge in [0.1, 0.15) is 5.60 Å². The molecule has 5 nitrogen and oxygen atoms in total. The molecule has 0 bridgehead atoms. The van der Waals surface area contributed by atoms with Crippen molar-refractivity contribution in [1.82, 2.24) is 0 Å². The first-order valence-electron chi connectivity index (χ1n) is 14.2. The van der Waals surface area contributed by atoms with Gasteiger partial charge in [-0.05, 0) is 61.6 Å².